The Balaban J connectivity index is 1.10. The van der Waals surface area contributed by atoms with E-state index in [4.69, 9.17) is 0 Å². The summed E-state index contributed by atoms with van der Waals surface area (Å²) in [6.07, 6.45) is 1.84. The molecule has 0 aliphatic rings. The Kier molecular flexibility index (Phi) is 12.9. The highest BCUT2D eigenvalue weighted by molar-refractivity contribution is 7.95. The summed E-state index contributed by atoms with van der Waals surface area (Å²) in [5, 5.41) is 8.34. The van der Waals surface area contributed by atoms with Crippen molar-refractivity contribution in [3.8, 4) is 0 Å². The first-order valence-corrected chi connectivity index (χ1v) is 26.8. The van der Waals surface area contributed by atoms with Crippen LogP contribution < -0.4 is 31.8 Å². The summed E-state index contributed by atoms with van der Waals surface area (Å²) in [7, 11) is -4.15. The van der Waals surface area contributed by atoms with Gasteiger partial charge in [-0.25, -0.2) is 0 Å². The number of benzene rings is 10. The first-order valence-electron chi connectivity index (χ1n) is 22.9. The van der Waals surface area contributed by atoms with Crippen LogP contribution in [-0.4, -0.2) is 0 Å². The first kappa shape index (κ1) is 42.7. The van der Waals surface area contributed by atoms with Gasteiger partial charge in [0.15, 0.2) is 0 Å². The third-order valence-electron chi connectivity index (χ3n) is 12.9. The van der Waals surface area contributed by atoms with Crippen LogP contribution in [-0.2, 0) is 12.3 Å². The maximum absolute atomic E-state index is 2.38. The molecule has 0 nitrogen and oxygen atoms in total. The van der Waals surface area contributed by atoms with Crippen molar-refractivity contribution < 1.29 is 0 Å². The molecular formula is C64H52P2+2. The fraction of sp³-hybridized carbons (Fsp3) is 0.0312. The lowest BCUT2D eigenvalue weighted by molar-refractivity contribution is 1.37. The van der Waals surface area contributed by atoms with Crippen LogP contribution >= 0.6 is 14.5 Å². The molecule has 0 heterocycles. The molecule has 10 rings (SSSR count). The Morgan fingerprint density at radius 1 is 0.197 bits per heavy atom. The Morgan fingerprint density at radius 2 is 0.379 bits per heavy atom. The molecule has 0 N–H and O–H groups in total. The van der Waals surface area contributed by atoms with Gasteiger partial charge in [-0.05, 0) is 117 Å². The second kappa shape index (κ2) is 19.9. The second-order valence-corrected chi connectivity index (χ2v) is 23.8. The van der Waals surface area contributed by atoms with Gasteiger partial charge in [-0.1, -0.05) is 218 Å². The zero-order valence-electron chi connectivity index (χ0n) is 37.0. The maximum atomic E-state index is 2.38. The van der Waals surface area contributed by atoms with Gasteiger partial charge in [-0.3, -0.25) is 0 Å². The molecule has 0 bridgehead atoms. The third-order valence-corrected chi connectivity index (χ3v) is 21.6. The molecule has 10 aromatic carbocycles. The smallest absolute Gasteiger partial charge is 0.0622 e. The van der Waals surface area contributed by atoms with Gasteiger partial charge in [0, 0.05) is 0 Å². The van der Waals surface area contributed by atoms with Crippen molar-refractivity contribution in [2.45, 2.75) is 12.3 Å². The lowest BCUT2D eigenvalue weighted by Crippen LogP contribution is -2.32. The normalized spacial score (nSPS) is 12.0. The summed E-state index contributed by atoms with van der Waals surface area (Å²) in [4.78, 5) is 0. The third kappa shape index (κ3) is 8.67. The molecule has 10 aromatic rings. The largest absolute Gasteiger partial charge is 0.116 e. The topological polar surface area (TPSA) is 0 Å². The van der Waals surface area contributed by atoms with Crippen molar-refractivity contribution in [2.75, 3.05) is 0 Å². The number of rotatable bonds is 14. The molecule has 0 unspecified atom stereocenters. The molecule has 0 atom stereocenters. The summed E-state index contributed by atoms with van der Waals surface area (Å²) in [5.41, 5.74) is 9.85. The average molecular weight is 883 g/mol. The van der Waals surface area contributed by atoms with E-state index in [1.54, 1.807) is 0 Å². The van der Waals surface area contributed by atoms with Gasteiger partial charge in [0.25, 0.3) is 0 Å². The van der Waals surface area contributed by atoms with Crippen LogP contribution in [0.25, 0.3) is 11.1 Å². The van der Waals surface area contributed by atoms with Crippen molar-refractivity contribution >= 4 is 57.5 Å². The van der Waals surface area contributed by atoms with Crippen molar-refractivity contribution in [1.82, 2.24) is 0 Å². The van der Waals surface area contributed by atoms with Crippen LogP contribution in [0.2, 0.25) is 0 Å². The quantitative estimate of drug-likeness (QED) is 0.0754. The molecule has 316 valence electrons. The average Bonchev–Trinajstić information content (AvgIpc) is 3.41. The Morgan fingerprint density at radius 3 is 0.591 bits per heavy atom. The molecule has 0 radical (unpaired) electrons. The molecule has 0 saturated heterocycles. The highest BCUT2D eigenvalue weighted by Gasteiger charge is 2.46. The van der Waals surface area contributed by atoms with E-state index >= 15 is 0 Å². The zero-order valence-corrected chi connectivity index (χ0v) is 38.8. The second-order valence-electron chi connectivity index (χ2n) is 16.8. The van der Waals surface area contributed by atoms with Crippen LogP contribution in [0.3, 0.4) is 0 Å². The maximum Gasteiger partial charge on any atom is 0.116 e. The van der Waals surface area contributed by atoms with Crippen LogP contribution in [0.15, 0.2) is 291 Å². The summed E-state index contributed by atoms with van der Waals surface area (Å²) in [5.74, 6) is 0. The minimum absolute atomic E-state index is 0.918. The number of hydrogen-bond donors (Lipinski definition) is 0. The Labute approximate surface area is 392 Å². The lowest BCUT2D eigenvalue weighted by Gasteiger charge is -2.28. The summed E-state index contributed by atoms with van der Waals surface area (Å²) < 4.78 is 0. The summed E-state index contributed by atoms with van der Waals surface area (Å²) >= 11 is 0. The molecular weight excluding hydrogens is 831 g/mol. The fourth-order valence-corrected chi connectivity index (χ4v) is 18.2. The van der Waals surface area contributed by atoms with Gasteiger partial charge >= 0.3 is 0 Å². The monoisotopic (exact) mass is 882 g/mol. The highest BCUT2D eigenvalue weighted by Crippen LogP contribution is 2.59. The van der Waals surface area contributed by atoms with Crippen LogP contribution in [0.5, 0.6) is 0 Å². The van der Waals surface area contributed by atoms with E-state index < -0.39 is 14.5 Å². The van der Waals surface area contributed by atoms with Crippen molar-refractivity contribution in [3.05, 3.63) is 325 Å². The Bertz CT molecular complexity index is 2690. The van der Waals surface area contributed by atoms with Crippen molar-refractivity contribution in [3.63, 3.8) is 0 Å². The van der Waals surface area contributed by atoms with Gasteiger partial charge in [0.1, 0.15) is 46.4 Å². The molecule has 0 saturated carbocycles. The number of hydrogen-bond acceptors (Lipinski definition) is 0. The zero-order chi connectivity index (χ0) is 44.4. The fourth-order valence-electron chi connectivity index (χ4n) is 9.76. The first-order chi connectivity index (χ1) is 32.7. The highest BCUT2D eigenvalue weighted by atomic mass is 31.2. The predicted octanol–water partition coefficient (Wildman–Crippen LogP) is 13.7. The van der Waals surface area contributed by atoms with E-state index in [-0.39, 0.29) is 0 Å². The molecule has 0 fully saturated rings. The van der Waals surface area contributed by atoms with E-state index in [1.165, 1.54) is 76.4 Å². The van der Waals surface area contributed by atoms with E-state index in [9.17, 15) is 0 Å². The molecule has 66 heavy (non-hydrogen) atoms. The van der Waals surface area contributed by atoms with E-state index in [2.05, 4.69) is 291 Å². The van der Waals surface area contributed by atoms with Gasteiger partial charge in [0.05, 0.1) is 12.3 Å². The molecule has 0 aliphatic carbocycles. The molecule has 0 amide bonds. The van der Waals surface area contributed by atoms with E-state index in [0.717, 1.165) is 12.3 Å². The summed E-state index contributed by atoms with van der Waals surface area (Å²) in [6, 6.07) is 108. The molecule has 0 spiro atoms. The molecule has 0 aliphatic heterocycles. The SMILES string of the molecule is c1ccc(/C(=C(/c2ccccc2)c2ccc(C[P+](c3ccccc3)(c3ccccc3)c3ccccc3)cc2)c2ccc(C[P+](c3ccccc3)(c3ccccc3)c3ccccc3)cc2)cc1. The van der Waals surface area contributed by atoms with Crippen molar-refractivity contribution in [2.24, 2.45) is 0 Å². The van der Waals surface area contributed by atoms with Gasteiger partial charge in [-0.2, -0.15) is 0 Å². The minimum Gasteiger partial charge on any atom is -0.0622 e. The Hall–Kier alpha value is -7.20. The minimum atomic E-state index is -2.08. The predicted molar refractivity (Wildman–Crippen MR) is 288 cm³/mol. The van der Waals surface area contributed by atoms with Crippen LogP contribution in [0.1, 0.15) is 33.4 Å². The van der Waals surface area contributed by atoms with E-state index in [0.29, 0.717) is 0 Å². The standard InChI is InChI=1S/C64H52P2/c1-9-25-53(26-10-1)63(55-45-41-51(42-46-55)49-65(57-29-13-3-14-30-57,58-31-15-4-16-32-58)59-33-17-5-18-34-59)64(54-27-11-2-12-28-54)56-47-43-52(44-48-56)50-66(60-35-19-6-20-36-60,61-37-21-7-22-38-61)62-39-23-8-24-40-62/h1-48H,49-50H2/q+2/b64-63+. The van der Waals surface area contributed by atoms with Gasteiger partial charge < -0.3 is 0 Å². The van der Waals surface area contributed by atoms with Crippen molar-refractivity contribution in [1.29, 1.82) is 0 Å². The van der Waals surface area contributed by atoms with Gasteiger partial charge in [0.2, 0.25) is 0 Å². The van der Waals surface area contributed by atoms with E-state index in [1.807, 2.05) is 0 Å². The molecule has 2 heteroatoms. The molecule has 0 aromatic heterocycles. The van der Waals surface area contributed by atoms with Crippen LogP contribution in [0, 0.1) is 0 Å². The van der Waals surface area contributed by atoms with Crippen LogP contribution in [0.4, 0.5) is 0 Å². The lowest BCUT2D eigenvalue weighted by atomic mass is 9.85. The summed E-state index contributed by atoms with van der Waals surface area (Å²) in [6.45, 7) is 0. The van der Waals surface area contributed by atoms with Gasteiger partial charge in [-0.15, -0.1) is 0 Å².